The largest absolute Gasteiger partial charge is 0.366 e. The molecule has 1 N–H and O–H groups in total. The van der Waals surface area contributed by atoms with Crippen molar-refractivity contribution in [1.82, 2.24) is 14.9 Å². The average Bonchev–Trinajstić information content (AvgIpc) is 3.15. The number of rotatable bonds is 5. The van der Waals surface area contributed by atoms with Crippen molar-refractivity contribution in [3.05, 3.63) is 65.0 Å². The van der Waals surface area contributed by atoms with E-state index in [-0.39, 0.29) is 18.1 Å². The summed E-state index contributed by atoms with van der Waals surface area (Å²) in [6.45, 7) is 4.40. The van der Waals surface area contributed by atoms with Crippen LogP contribution in [0.15, 0.2) is 48.0 Å². The van der Waals surface area contributed by atoms with Crippen molar-refractivity contribution in [3.63, 3.8) is 0 Å². The Bertz CT molecular complexity index is 1000. The molecule has 29 heavy (non-hydrogen) atoms. The van der Waals surface area contributed by atoms with Gasteiger partial charge in [0.2, 0.25) is 5.91 Å². The molecule has 1 aromatic carbocycles. The zero-order valence-electron chi connectivity index (χ0n) is 16.1. The van der Waals surface area contributed by atoms with E-state index in [0.717, 1.165) is 22.2 Å². The van der Waals surface area contributed by atoms with Gasteiger partial charge in [-0.3, -0.25) is 4.79 Å². The van der Waals surface area contributed by atoms with Crippen molar-refractivity contribution >= 4 is 33.9 Å². The van der Waals surface area contributed by atoms with Gasteiger partial charge in [-0.1, -0.05) is 12.1 Å². The van der Waals surface area contributed by atoms with Gasteiger partial charge in [0.1, 0.15) is 11.6 Å². The quantitative estimate of drug-likeness (QED) is 0.695. The van der Waals surface area contributed by atoms with Crippen molar-refractivity contribution in [2.45, 2.75) is 13.3 Å². The van der Waals surface area contributed by atoms with Gasteiger partial charge in [0, 0.05) is 37.8 Å². The van der Waals surface area contributed by atoms with Crippen LogP contribution in [0, 0.1) is 12.7 Å². The van der Waals surface area contributed by atoms with Crippen LogP contribution in [0.1, 0.15) is 11.3 Å². The van der Waals surface area contributed by atoms with Crippen molar-refractivity contribution in [1.29, 1.82) is 0 Å². The molecule has 1 amide bonds. The number of nitrogens with one attached hydrogen (secondary N) is 1. The van der Waals surface area contributed by atoms with E-state index in [1.165, 1.54) is 17.4 Å². The van der Waals surface area contributed by atoms with Crippen LogP contribution in [-0.2, 0) is 11.2 Å². The van der Waals surface area contributed by atoms with Gasteiger partial charge in [-0.15, -0.1) is 11.3 Å². The Morgan fingerprint density at radius 1 is 1.21 bits per heavy atom. The van der Waals surface area contributed by atoms with E-state index < -0.39 is 0 Å². The number of pyridine rings is 1. The Kier molecular flexibility index (Phi) is 5.71. The summed E-state index contributed by atoms with van der Waals surface area (Å²) in [5, 5.41) is 5.79. The zero-order chi connectivity index (χ0) is 20.2. The summed E-state index contributed by atoms with van der Waals surface area (Å²) in [5.41, 5.74) is 2.45. The van der Waals surface area contributed by atoms with Crippen molar-refractivity contribution < 1.29 is 9.18 Å². The molecule has 4 rings (SSSR count). The number of nitrogens with zero attached hydrogens (tertiary/aromatic N) is 4. The number of carbonyl (C=O) groups excluding carboxylic acids is 1. The number of thiazole rings is 1. The van der Waals surface area contributed by atoms with E-state index >= 15 is 0 Å². The number of anilines is 3. The molecule has 2 aromatic heterocycles. The third-order valence-electron chi connectivity index (χ3n) is 4.86. The molecule has 0 spiro atoms. The predicted octanol–water partition coefficient (Wildman–Crippen LogP) is 3.62. The number of hydrogen-bond acceptors (Lipinski definition) is 6. The second-order valence-electron chi connectivity index (χ2n) is 6.98. The fourth-order valence-electron chi connectivity index (χ4n) is 3.33. The minimum Gasteiger partial charge on any atom is -0.366 e. The van der Waals surface area contributed by atoms with Crippen LogP contribution in [-0.4, -0.2) is 47.0 Å². The standard InChI is InChI=1S/C21H22FN5OS/c1-15-6-7-23-19(12-15)25-21-24-16(14-29-21)13-20(28)27-10-8-26(9-11-27)18-5-3-2-4-17(18)22/h2-7,12,14H,8-11,13H2,1H3,(H,23,24,25). The highest BCUT2D eigenvalue weighted by molar-refractivity contribution is 7.13. The molecule has 6 nitrogen and oxygen atoms in total. The summed E-state index contributed by atoms with van der Waals surface area (Å²) in [4.78, 5) is 25.2. The summed E-state index contributed by atoms with van der Waals surface area (Å²) in [7, 11) is 0. The smallest absolute Gasteiger partial charge is 0.228 e. The molecule has 0 aliphatic carbocycles. The predicted molar refractivity (Wildman–Crippen MR) is 113 cm³/mol. The number of halogens is 1. The number of hydrogen-bond donors (Lipinski definition) is 1. The number of carbonyl (C=O) groups is 1. The molecular formula is C21H22FN5OS. The Labute approximate surface area is 173 Å². The van der Waals surface area contributed by atoms with Gasteiger partial charge in [-0.25, -0.2) is 14.4 Å². The third kappa shape index (κ3) is 4.71. The lowest BCUT2D eigenvalue weighted by Crippen LogP contribution is -2.49. The molecule has 0 unspecified atom stereocenters. The number of para-hydroxylation sites is 1. The van der Waals surface area contributed by atoms with Crippen LogP contribution in [0.25, 0.3) is 0 Å². The monoisotopic (exact) mass is 411 g/mol. The lowest BCUT2D eigenvalue weighted by atomic mass is 10.2. The fraction of sp³-hybridized carbons (Fsp3) is 0.286. The first-order valence-corrected chi connectivity index (χ1v) is 10.4. The van der Waals surface area contributed by atoms with Crippen LogP contribution in [0.3, 0.4) is 0 Å². The first-order valence-electron chi connectivity index (χ1n) is 9.50. The Morgan fingerprint density at radius 3 is 2.76 bits per heavy atom. The van der Waals surface area contributed by atoms with Gasteiger partial charge in [0.15, 0.2) is 5.13 Å². The molecule has 1 saturated heterocycles. The highest BCUT2D eigenvalue weighted by Crippen LogP contribution is 2.22. The van der Waals surface area contributed by atoms with Crippen LogP contribution in [0.5, 0.6) is 0 Å². The first kappa shape index (κ1) is 19.3. The van der Waals surface area contributed by atoms with Gasteiger partial charge >= 0.3 is 0 Å². The summed E-state index contributed by atoms with van der Waals surface area (Å²) >= 11 is 1.46. The Balaban J connectivity index is 1.31. The molecule has 3 aromatic rings. The van der Waals surface area contributed by atoms with Gasteiger partial charge in [0.05, 0.1) is 17.8 Å². The van der Waals surface area contributed by atoms with Crippen molar-refractivity contribution in [2.75, 3.05) is 36.4 Å². The summed E-state index contributed by atoms with van der Waals surface area (Å²) in [5.74, 6) is 0.558. The molecule has 8 heteroatoms. The molecule has 1 fully saturated rings. The van der Waals surface area contributed by atoms with E-state index in [1.54, 1.807) is 18.3 Å². The molecule has 0 bridgehead atoms. The van der Waals surface area contributed by atoms with E-state index in [0.29, 0.717) is 31.9 Å². The van der Waals surface area contributed by atoms with Crippen LogP contribution in [0.2, 0.25) is 0 Å². The van der Waals surface area contributed by atoms with Crippen LogP contribution in [0.4, 0.5) is 21.0 Å². The summed E-state index contributed by atoms with van der Waals surface area (Å²) < 4.78 is 14.0. The number of aryl methyl sites for hydroxylation is 1. The number of benzene rings is 1. The van der Waals surface area contributed by atoms with Crippen LogP contribution < -0.4 is 10.2 Å². The van der Waals surface area contributed by atoms with Gasteiger partial charge in [-0.05, 0) is 36.8 Å². The second-order valence-corrected chi connectivity index (χ2v) is 7.84. The normalized spacial score (nSPS) is 14.1. The third-order valence-corrected chi connectivity index (χ3v) is 5.67. The molecule has 0 radical (unpaired) electrons. The highest BCUT2D eigenvalue weighted by atomic mass is 32.1. The molecule has 1 aliphatic rings. The number of amides is 1. The lowest BCUT2D eigenvalue weighted by molar-refractivity contribution is -0.130. The summed E-state index contributed by atoms with van der Waals surface area (Å²) in [6.07, 6.45) is 2.01. The molecule has 1 aliphatic heterocycles. The van der Waals surface area contributed by atoms with E-state index in [4.69, 9.17) is 0 Å². The van der Waals surface area contributed by atoms with Gasteiger partial charge in [-0.2, -0.15) is 0 Å². The highest BCUT2D eigenvalue weighted by Gasteiger charge is 2.23. The first-order chi connectivity index (χ1) is 14.1. The zero-order valence-corrected chi connectivity index (χ0v) is 17.0. The van der Waals surface area contributed by atoms with Gasteiger partial charge in [0.25, 0.3) is 0 Å². The second kappa shape index (κ2) is 8.57. The Hall–Kier alpha value is -3.00. The number of piperazine rings is 1. The molecule has 0 atom stereocenters. The van der Waals surface area contributed by atoms with Crippen LogP contribution >= 0.6 is 11.3 Å². The number of aromatic nitrogens is 2. The minimum atomic E-state index is -0.224. The van der Waals surface area contributed by atoms with E-state index in [1.807, 2.05) is 40.3 Å². The van der Waals surface area contributed by atoms with Gasteiger partial charge < -0.3 is 15.1 Å². The fourth-order valence-corrected chi connectivity index (χ4v) is 4.05. The SMILES string of the molecule is Cc1ccnc(Nc2nc(CC(=O)N3CCN(c4ccccc4F)CC3)cs2)c1. The molecule has 150 valence electrons. The van der Waals surface area contributed by atoms with Crippen molar-refractivity contribution in [2.24, 2.45) is 0 Å². The maximum absolute atomic E-state index is 14.0. The molecule has 0 saturated carbocycles. The average molecular weight is 412 g/mol. The summed E-state index contributed by atoms with van der Waals surface area (Å²) in [6, 6.07) is 10.6. The minimum absolute atomic E-state index is 0.0451. The topological polar surface area (TPSA) is 61.4 Å². The maximum atomic E-state index is 14.0. The Morgan fingerprint density at radius 2 is 2.00 bits per heavy atom. The maximum Gasteiger partial charge on any atom is 0.228 e. The van der Waals surface area contributed by atoms with Crippen molar-refractivity contribution in [3.8, 4) is 0 Å². The lowest BCUT2D eigenvalue weighted by Gasteiger charge is -2.36. The van der Waals surface area contributed by atoms with E-state index in [9.17, 15) is 9.18 Å². The van der Waals surface area contributed by atoms with E-state index in [2.05, 4.69) is 15.3 Å². The molecular weight excluding hydrogens is 389 g/mol. The molecule has 3 heterocycles.